The molecule has 0 spiro atoms. The highest BCUT2D eigenvalue weighted by Crippen LogP contribution is 2.20. The van der Waals surface area contributed by atoms with Gasteiger partial charge in [0.2, 0.25) is 0 Å². The molecular formula is C16H27N3O. The van der Waals surface area contributed by atoms with Gasteiger partial charge in [0, 0.05) is 45.1 Å². The van der Waals surface area contributed by atoms with Crippen LogP contribution in [0.2, 0.25) is 0 Å². The fourth-order valence-electron chi connectivity index (χ4n) is 2.82. The zero-order valence-corrected chi connectivity index (χ0v) is 12.7. The first kappa shape index (κ1) is 15.3. The molecule has 2 rings (SSSR count). The maximum Gasteiger partial charge on any atom is 0.126 e. The number of aromatic nitrogens is 1. The van der Waals surface area contributed by atoms with Crippen LogP contribution in [0.25, 0.3) is 0 Å². The van der Waals surface area contributed by atoms with Crippen LogP contribution in [0.4, 0.5) is 5.82 Å². The molecule has 4 heteroatoms. The first-order valence-electron chi connectivity index (χ1n) is 7.77. The smallest absolute Gasteiger partial charge is 0.126 e. The number of pyridine rings is 1. The maximum atomic E-state index is 5.40. The Bertz CT molecular complexity index is 371. The van der Waals surface area contributed by atoms with Crippen molar-refractivity contribution in [2.75, 3.05) is 38.2 Å². The largest absolute Gasteiger partial charge is 0.382 e. The molecule has 1 N–H and O–H groups in total. The second kappa shape index (κ2) is 8.22. The van der Waals surface area contributed by atoms with E-state index in [1.807, 2.05) is 24.4 Å². The molecule has 2 heterocycles. The van der Waals surface area contributed by atoms with Crippen LogP contribution in [0.3, 0.4) is 0 Å². The van der Waals surface area contributed by atoms with Crippen molar-refractivity contribution in [3.8, 4) is 0 Å². The second-order valence-electron chi connectivity index (χ2n) is 5.58. The van der Waals surface area contributed by atoms with E-state index in [1.165, 1.54) is 13.0 Å². The molecule has 1 aliphatic rings. The minimum atomic E-state index is 0.535. The Morgan fingerprint density at radius 1 is 1.45 bits per heavy atom. The first-order valence-corrected chi connectivity index (χ1v) is 7.77. The molecule has 2 unspecified atom stereocenters. The number of piperidine rings is 1. The molecular weight excluding hydrogens is 250 g/mol. The standard InChI is InChI=1S/C16H27N3O/c1-3-20-12-6-10-19-11-8-15(14(2)13-19)18-16-7-4-5-9-17-16/h4-5,7,9,14-15H,3,6,8,10-13H2,1-2H3,(H,17,18). The van der Waals surface area contributed by atoms with Crippen LogP contribution in [0.15, 0.2) is 24.4 Å². The summed E-state index contributed by atoms with van der Waals surface area (Å²) in [7, 11) is 0. The summed E-state index contributed by atoms with van der Waals surface area (Å²) in [6.07, 6.45) is 4.17. The molecule has 2 atom stereocenters. The summed E-state index contributed by atoms with van der Waals surface area (Å²) in [5.41, 5.74) is 0. The minimum absolute atomic E-state index is 0.535. The molecule has 112 valence electrons. The third-order valence-electron chi connectivity index (χ3n) is 3.95. The average molecular weight is 277 g/mol. The van der Waals surface area contributed by atoms with Gasteiger partial charge in [-0.05, 0) is 37.8 Å². The summed E-state index contributed by atoms with van der Waals surface area (Å²) in [5.74, 6) is 1.65. The normalized spacial score (nSPS) is 23.7. The zero-order chi connectivity index (χ0) is 14.2. The van der Waals surface area contributed by atoms with Crippen LogP contribution in [0.1, 0.15) is 26.7 Å². The molecule has 1 aliphatic heterocycles. The summed E-state index contributed by atoms with van der Waals surface area (Å²) in [6.45, 7) is 9.58. The quantitative estimate of drug-likeness (QED) is 0.778. The third kappa shape index (κ3) is 4.76. The van der Waals surface area contributed by atoms with E-state index >= 15 is 0 Å². The number of hydrogen-bond donors (Lipinski definition) is 1. The lowest BCUT2D eigenvalue weighted by Gasteiger charge is -2.37. The Morgan fingerprint density at radius 3 is 3.05 bits per heavy atom. The Kier molecular flexibility index (Phi) is 6.27. The fourth-order valence-corrected chi connectivity index (χ4v) is 2.82. The molecule has 0 aliphatic carbocycles. The van der Waals surface area contributed by atoms with Gasteiger partial charge in [-0.2, -0.15) is 0 Å². The van der Waals surface area contributed by atoms with Crippen LogP contribution in [0.5, 0.6) is 0 Å². The molecule has 1 fully saturated rings. The maximum absolute atomic E-state index is 5.40. The van der Waals surface area contributed by atoms with Crippen molar-refractivity contribution in [3.05, 3.63) is 24.4 Å². The van der Waals surface area contributed by atoms with Crippen molar-refractivity contribution in [2.24, 2.45) is 5.92 Å². The van der Waals surface area contributed by atoms with E-state index < -0.39 is 0 Å². The Labute approximate surface area is 122 Å². The molecule has 1 saturated heterocycles. The highest BCUT2D eigenvalue weighted by atomic mass is 16.5. The Hall–Kier alpha value is -1.13. The van der Waals surface area contributed by atoms with Gasteiger partial charge in [0.25, 0.3) is 0 Å². The monoisotopic (exact) mass is 277 g/mol. The Morgan fingerprint density at radius 2 is 2.35 bits per heavy atom. The van der Waals surface area contributed by atoms with E-state index in [2.05, 4.69) is 29.0 Å². The highest BCUT2D eigenvalue weighted by molar-refractivity contribution is 5.34. The van der Waals surface area contributed by atoms with Crippen LogP contribution in [0, 0.1) is 5.92 Å². The van der Waals surface area contributed by atoms with Gasteiger partial charge in [0.1, 0.15) is 5.82 Å². The molecule has 1 aromatic heterocycles. The number of hydrogen-bond acceptors (Lipinski definition) is 4. The average Bonchev–Trinajstić information content (AvgIpc) is 2.47. The number of ether oxygens (including phenoxy) is 1. The van der Waals surface area contributed by atoms with Crippen molar-refractivity contribution < 1.29 is 4.74 Å². The van der Waals surface area contributed by atoms with Crippen molar-refractivity contribution in [1.29, 1.82) is 0 Å². The predicted octanol–water partition coefficient (Wildman–Crippen LogP) is 2.63. The molecule has 0 radical (unpaired) electrons. The van der Waals surface area contributed by atoms with Crippen LogP contribution < -0.4 is 5.32 Å². The lowest BCUT2D eigenvalue weighted by atomic mass is 9.93. The summed E-state index contributed by atoms with van der Waals surface area (Å²) in [6, 6.07) is 6.56. The first-order chi connectivity index (χ1) is 9.79. The van der Waals surface area contributed by atoms with Gasteiger partial charge in [0.15, 0.2) is 0 Å². The van der Waals surface area contributed by atoms with Crippen molar-refractivity contribution >= 4 is 5.82 Å². The van der Waals surface area contributed by atoms with Crippen molar-refractivity contribution in [2.45, 2.75) is 32.7 Å². The van der Waals surface area contributed by atoms with Crippen LogP contribution >= 0.6 is 0 Å². The van der Waals surface area contributed by atoms with E-state index in [1.54, 1.807) is 0 Å². The number of likely N-dealkylation sites (tertiary alicyclic amines) is 1. The second-order valence-corrected chi connectivity index (χ2v) is 5.58. The SMILES string of the molecule is CCOCCCN1CCC(Nc2ccccn2)C(C)C1. The molecule has 20 heavy (non-hydrogen) atoms. The van der Waals surface area contributed by atoms with Gasteiger partial charge >= 0.3 is 0 Å². The molecule has 0 bridgehead atoms. The number of nitrogens with zero attached hydrogens (tertiary/aromatic N) is 2. The molecule has 0 amide bonds. The molecule has 0 aromatic carbocycles. The molecule has 0 saturated carbocycles. The van der Waals surface area contributed by atoms with Gasteiger partial charge in [0.05, 0.1) is 0 Å². The topological polar surface area (TPSA) is 37.4 Å². The van der Waals surface area contributed by atoms with Gasteiger partial charge < -0.3 is 15.0 Å². The van der Waals surface area contributed by atoms with Gasteiger partial charge in [-0.3, -0.25) is 0 Å². The Balaban J connectivity index is 1.72. The predicted molar refractivity (Wildman–Crippen MR) is 83.0 cm³/mol. The van der Waals surface area contributed by atoms with Crippen molar-refractivity contribution in [3.63, 3.8) is 0 Å². The summed E-state index contributed by atoms with van der Waals surface area (Å²) in [4.78, 5) is 6.91. The molecule has 1 aromatic rings. The summed E-state index contributed by atoms with van der Waals surface area (Å²) < 4.78 is 5.40. The minimum Gasteiger partial charge on any atom is -0.382 e. The van der Waals surface area contributed by atoms with Gasteiger partial charge in [-0.25, -0.2) is 4.98 Å². The van der Waals surface area contributed by atoms with E-state index in [9.17, 15) is 0 Å². The summed E-state index contributed by atoms with van der Waals surface area (Å²) in [5, 5.41) is 3.57. The van der Waals surface area contributed by atoms with E-state index in [0.29, 0.717) is 12.0 Å². The summed E-state index contributed by atoms with van der Waals surface area (Å²) >= 11 is 0. The van der Waals surface area contributed by atoms with Crippen molar-refractivity contribution in [1.82, 2.24) is 9.88 Å². The lowest BCUT2D eigenvalue weighted by molar-refractivity contribution is 0.117. The fraction of sp³-hybridized carbons (Fsp3) is 0.688. The lowest BCUT2D eigenvalue weighted by Crippen LogP contribution is -2.45. The highest BCUT2D eigenvalue weighted by Gasteiger charge is 2.25. The van der Waals surface area contributed by atoms with Crippen LogP contribution in [-0.2, 0) is 4.74 Å². The number of anilines is 1. The zero-order valence-electron chi connectivity index (χ0n) is 12.7. The van der Waals surface area contributed by atoms with Gasteiger partial charge in [-0.15, -0.1) is 0 Å². The van der Waals surface area contributed by atoms with Crippen LogP contribution in [-0.4, -0.2) is 48.8 Å². The van der Waals surface area contributed by atoms with E-state index in [-0.39, 0.29) is 0 Å². The van der Waals surface area contributed by atoms with E-state index in [0.717, 1.165) is 38.5 Å². The molecule has 4 nitrogen and oxygen atoms in total. The third-order valence-corrected chi connectivity index (χ3v) is 3.95. The number of nitrogens with one attached hydrogen (secondary N) is 1. The van der Waals surface area contributed by atoms with E-state index in [4.69, 9.17) is 4.74 Å². The number of rotatable bonds is 7. The van der Waals surface area contributed by atoms with Gasteiger partial charge in [-0.1, -0.05) is 13.0 Å².